The summed E-state index contributed by atoms with van der Waals surface area (Å²) in [6.07, 6.45) is -1.83. The summed E-state index contributed by atoms with van der Waals surface area (Å²) in [6, 6.07) is 4.98. The minimum absolute atomic E-state index is 0.0474. The van der Waals surface area contributed by atoms with E-state index in [0.717, 1.165) is 0 Å². The largest absolute Gasteiger partial charge is 0.477 e. The van der Waals surface area contributed by atoms with E-state index in [1.54, 1.807) is 6.92 Å². The van der Waals surface area contributed by atoms with Gasteiger partial charge in [-0.15, -0.1) is 11.8 Å². The number of aliphatic hydroxyl groups is 1. The average molecular weight is 593 g/mol. The zero-order chi connectivity index (χ0) is 29.5. The fourth-order valence-electron chi connectivity index (χ4n) is 5.71. The first-order chi connectivity index (χ1) is 18.8. The van der Waals surface area contributed by atoms with Gasteiger partial charge in [-0.1, -0.05) is 19.1 Å². The van der Waals surface area contributed by atoms with Gasteiger partial charge in [-0.3, -0.25) is 24.6 Å². The van der Waals surface area contributed by atoms with Crippen molar-refractivity contribution < 1.29 is 39.1 Å². The van der Waals surface area contributed by atoms with Crippen molar-refractivity contribution in [2.45, 2.75) is 56.2 Å². The molecule has 0 spiro atoms. The Morgan fingerprint density at radius 2 is 2.00 bits per heavy atom. The van der Waals surface area contributed by atoms with E-state index in [0.29, 0.717) is 10.5 Å². The number of hydrogen-bond donors (Lipinski definition) is 3. The number of hydrogen-bond acceptors (Lipinski definition) is 10. The fourth-order valence-corrected chi connectivity index (χ4v) is 7.62. The number of aliphatic carboxylic acids is 1. The van der Waals surface area contributed by atoms with Crippen LogP contribution in [0, 0.1) is 22.0 Å². The van der Waals surface area contributed by atoms with Crippen molar-refractivity contribution in [1.29, 1.82) is 0 Å². The molecule has 15 heteroatoms. The van der Waals surface area contributed by atoms with Crippen LogP contribution in [-0.2, 0) is 25.7 Å². The third-order valence-electron chi connectivity index (χ3n) is 7.54. The summed E-state index contributed by atoms with van der Waals surface area (Å²) >= 11 is 6.44. The number of non-ortho nitro benzene ring substituents is 1. The Morgan fingerprint density at radius 1 is 1.35 bits per heavy atom. The predicted molar refractivity (Wildman–Crippen MR) is 146 cm³/mol. The van der Waals surface area contributed by atoms with Crippen LogP contribution < -0.4 is 5.73 Å². The Hall–Kier alpha value is -3.56. The molecule has 40 heavy (non-hydrogen) atoms. The first-order valence-electron chi connectivity index (χ1n) is 12.4. The second-order valence-corrected chi connectivity index (χ2v) is 11.7. The summed E-state index contributed by atoms with van der Waals surface area (Å²) in [5.41, 5.74) is 4.47. The number of amides is 3. The number of thiocarbonyl (C=S) groups is 1. The van der Waals surface area contributed by atoms with E-state index < -0.39 is 57.7 Å². The Balaban J connectivity index is 1.55. The van der Waals surface area contributed by atoms with Crippen LogP contribution in [0.4, 0.5) is 10.5 Å². The van der Waals surface area contributed by atoms with Gasteiger partial charge < -0.3 is 25.6 Å². The highest BCUT2D eigenvalue weighted by Gasteiger charge is 2.60. The molecule has 0 bridgehead atoms. The number of aliphatic hydroxyl groups excluding tert-OH is 1. The number of nitrogens with two attached hydrogens (primary N) is 1. The maximum atomic E-state index is 13.2. The molecule has 1 aromatic rings. The minimum atomic E-state index is -1.27. The van der Waals surface area contributed by atoms with Gasteiger partial charge >= 0.3 is 12.1 Å². The van der Waals surface area contributed by atoms with Gasteiger partial charge in [0, 0.05) is 40.1 Å². The number of carboxylic acid groups (broad SMARTS) is 1. The van der Waals surface area contributed by atoms with Gasteiger partial charge in [-0.2, -0.15) is 0 Å². The highest BCUT2D eigenvalue weighted by molar-refractivity contribution is 8.03. The number of carbonyl (C=O) groups excluding carboxylic acids is 3. The van der Waals surface area contributed by atoms with E-state index in [2.05, 4.69) is 0 Å². The van der Waals surface area contributed by atoms with Crippen molar-refractivity contribution in [2.75, 3.05) is 6.54 Å². The predicted octanol–water partition coefficient (Wildman–Crippen LogP) is 1.81. The highest BCUT2D eigenvalue weighted by Crippen LogP contribution is 2.53. The van der Waals surface area contributed by atoms with Crippen molar-refractivity contribution in [3.63, 3.8) is 0 Å². The molecule has 4 rings (SSSR count). The number of β-lactam (4-membered cyclic amide) rings is 1. The van der Waals surface area contributed by atoms with Gasteiger partial charge in [-0.05, 0) is 31.0 Å². The van der Waals surface area contributed by atoms with Crippen LogP contribution in [0.2, 0.25) is 0 Å². The lowest BCUT2D eigenvalue weighted by atomic mass is 9.79. The summed E-state index contributed by atoms with van der Waals surface area (Å²) in [5, 5.41) is 31.8. The Morgan fingerprint density at radius 3 is 2.52 bits per heavy atom. The molecular weight excluding hydrogens is 564 g/mol. The number of likely N-dealkylation sites (tertiary alicyclic amines) is 1. The Labute approximate surface area is 238 Å². The molecule has 2 saturated heterocycles. The van der Waals surface area contributed by atoms with Crippen molar-refractivity contribution in [3.8, 4) is 0 Å². The van der Waals surface area contributed by atoms with Gasteiger partial charge in [0.1, 0.15) is 12.3 Å². The first kappa shape index (κ1) is 29.4. The van der Waals surface area contributed by atoms with E-state index in [9.17, 15) is 39.5 Å². The lowest BCUT2D eigenvalue weighted by Crippen LogP contribution is -2.63. The van der Waals surface area contributed by atoms with E-state index in [1.165, 1.54) is 58.1 Å². The van der Waals surface area contributed by atoms with Crippen LogP contribution in [0.25, 0.3) is 0 Å². The molecule has 3 heterocycles. The summed E-state index contributed by atoms with van der Waals surface area (Å²) in [4.78, 5) is 63.4. The molecule has 0 aromatic heterocycles. The summed E-state index contributed by atoms with van der Waals surface area (Å²) in [7, 11) is 0. The van der Waals surface area contributed by atoms with Crippen molar-refractivity contribution in [1.82, 2.24) is 9.80 Å². The number of nitro benzene ring substituents is 1. The minimum Gasteiger partial charge on any atom is -0.477 e. The lowest BCUT2D eigenvalue weighted by Gasteiger charge is -2.46. The molecule has 0 aliphatic carbocycles. The van der Waals surface area contributed by atoms with Gasteiger partial charge in [0.15, 0.2) is 0 Å². The number of nitro groups is 1. The van der Waals surface area contributed by atoms with Crippen LogP contribution in [-0.4, -0.2) is 83.7 Å². The van der Waals surface area contributed by atoms with Crippen LogP contribution in [0.5, 0.6) is 0 Å². The monoisotopic (exact) mass is 592 g/mol. The number of carbonyl (C=O) groups is 4. The van der Waals surface area contributed by atoms with Crippen LogP contribution in [0.1, 0.15) is 32.3 Å². The lowest BCUT2D eigenvalue weighted by molar-refractivity contribution is -0.384. The zero-order valence-corrected chi connectivity index (χ0v) is 23.2. The third kappa shape index (κ3) is 5.15. The molecule has 0 radical (unpaired) electrons. The molecule has 6 atom stereocenters. The van der Waals surface area contributed by atoms with Gasteiger partial charge in [0.2, 0.25) is 11.8 Å². The number of fused-ring (bicyclic) bond motifs is 1. The number of rotatable bonds is 10. The standard InChI is InChI=1S/C25H28N4O9S2/c1-12-19-18(13(2)30)22(32)28(19)20(23(33)34)21(12)40-16-7-25(11-39,8-17(26)31)27(9-16)24(35)38-10-14-3-5-15(6-4-14)29(36)37/h3-6,11-13,16,18-19,30H,7-10H2,1-2H3,(H2,26,31)(H,33,34)/t12-,13-,16+,18-,19-,25-/m1/s1. The number of primary amides is 1. The number of benzene rings is 1. The average Bonchev–Trinajstić information content (AvgIpc) is 3.35. The molecule has 1 aromatic carbocycles. The molecule has 3 amide bonds. The van der Waals surface area contributed by atoms with E-state index >= 15 is 0 Å². The first-order valence-corrected chi connectivity index (χ1v) is 13.7. The molecule has 3 aliphatic heterocycles. The van der Waals surface area contributed by atoms with Crippen LogP contribution in [0.15, 0.2) is 34.9 Å². The number of ether oxygens (including phenoxy) is 1. The smallest absolute Gasteiger partial charge is 0.410 e. The maximum Gasteiger partial charge on any atom is 0.410 e. The Kier molecular flexibility index (Phi) is 8.19. The molecule has 0 unspecified atom stereocenters. The quantitative estimate of drug-likeness (QED) is 0.155. The fraction of sp³-hybridized carbons (Fsp3) is 0.480. The maximum absolute atomic E-state index is 13.2. The second kappa shape index (κ2) is 11.1. The Bertz CT molecular complexity index is 1300. The molecule has 214 valence electrons. The van der Waals surface area contributed by atoms with E-state index in [-0.39, 0.29) is 43.3 Å². The van der Waals surface area contributed by atoms with Gasteiger partial charge in [-0.25, -0.2) is 9.59 Å². The van der Waals surface area contributed by atoms with Gasteiger partial charge in [0.05, 0.1) is 34.9 Å². The normalized spacial score (nSPS) is 28.1. The molecule has 2 fully saturated rings. The van der Waals surface area contributed by atoms with Gasteiger partial charge in [0.25, 0.3) is 5.69 Å². The highest BCUT2D eigenvalue weighted by atomic mass is 32.2. The zero-order valence-electron chi connectivity index (χ0n) is 21.6. The van der Waals surface area contributed by atoms with Crippen molar-refractivity contribution >= 4 is 58.9 Å². The van der Waals surface area contributed by atoms with Crippen molar-refractivity contribution in [2.24, 2.45) is 17.6 Å². The second-order valence-electron chi connectivity index (χ2n) is 10.2. The molecule has 3 aliphatic rings. The molecule has 4 N–H and O–H groups in total. The third-order valence-corrected chi connectivity index (χ3v) is 9.45. The number of carboxylic acids is 1. The molecular formula is C25H28N4O9S2. The molecule has 13 nitrogen and oxygen atoms in total. The van der Waals surface area contributed by atoms with E-state index in [4.69, 9.17) is 22.7 Å². The summed E-state index contributed by atoms with van der Waals surface area (Å²) in [5.74, 6) is -3.52. The summed E-state index contributed by atoms with van der Waals surface area (Å²) in [6.45, 7) is 3.14. The molecule has 0 saturated carbocycles. The summed E-state index contributed by atoms with van der Waals surface area (Å²) < 4.78 is 5.45. The van der Waals surface area contributed by atoms with Crippen LogP contribution in [0.3, 0.4) is 0 Å². The number of thioether (sulfide) groups is 1. The van der Waals surface area contributed by atoms with Crippen LogP contribution >= 0.6 is 24.0 Å². The number of nitrogens with zero attached hydrogens (tertiary/aromatic N) is 3. The topological polar surface area (TPSA) is 194 Å². The SMILES string of the molecule is C[C@@H](O)[C@H]1C(=O)N2C(C(=O)O)=C(S[C@@H]3CN(C(=O)OCc4ccc([N+](=O)[O-])cc4)[C@@](C=S)(CC(N)=O)C3)[C@H](C)[C@H]12. The van der Waals surface area contributed by atoms with E-state index in [1.807, 2.05) is 0 Å². The van der Waals surface area contributed by atoms with Crippen molar-refractivity contribution in [3.05, 3.63) is 50.5 Å².